The van der Waals surface area contributed by atoms with Gasteiger partial charge in [0.2, 0.25) is 0 Å². The summed E-state index contributed by atoms with van der Waals surface area (Å²) in [5.74, 6) is 1.05. The quantitative estimate of drug-likeness (QED) is 0.882. The smallest absolute Gasteiger partial charge is 0.149 e. The van der Waals surface area contributed by atoms with E-state index in [1.54, 1.807) is 6.26 Å². The van der Waals surface area contributed by atoms with Gasteiger partial charge in [-0.15, -0.1) is 0 Å². The van der Waals surface area contributed by atoms with Crippen LogP contribution in [-0.2, 0) is 5.60 Å². The van der Waals surface area contributed by atoms with Crippen molar-refractivity contribution in [3.63, 3.8) is 0 Å². The van der Waals surface area contributed by atoms with Crippen LogP contribution in [-0.4, -0.2) is 5.11 Å². The molecule has 1 saturated carbocycles. The molecule has 0 spiro atoms. The van der Waals surface area contributed by atoms with Crippen LogP contribution in [0.2, 0.25) is 0 Å². The van der Waals surface area contributed by atoms with Gasteiger partial charge in [0.05, 0.1) is 10.7 Å². The molecule has 3 heteroatoms. The topological polar surface area (TPSA) is 33.4 Å². The Bertz CT molecular complexity index is 321. The minimum absolute atomic E-state index is 0.338. The molecule has 1 aromatic heterocycles. The molecule has 14 heavy (non-hydrogen) atoms. The van der Waals surface area contributed by atoms with Crippen LogP contribution in [0.5, 0.6) is 0 Å². The Morgan fingerprint density at radius 1 is 1.71 bits per heavy atom. The van der Waals surface area contributed by atoms with Crippen LogP contribution < -0.4 is 0 Å². The molecule has 1 aromatic rings. The summed E-state index contributed by atoms with van der Waals surface area (Å²) >= 11 is 3.41. The Balaban J connectivity index is 2.36. The third-order valence-corrected chi connectivity index (χ3v) is 3.91. The molecular weight excluding hydrogens is 244 g/mol. The normalized spacial score (nSPS) is 32.4. The van der Waals surface area contributed by atoms with Gasteiger partial charge in [-0.2, -0.15) is 0 Å². The Morgan fingerprint density at radius 3 is 3.07 bits per heavy atom. The average molecular weight is 259 g/mol. The Kier molecular flexibility index (Phi) is 2.71. The van der Waals surface area contributed by atoms with Crippen LogP contribution in [0.25, 0.3) is 0 Å². The molecule has 0 saturated heterocycles. The summed E-state index contributed by atoms with van der Waals surface area (Å²) in [5.41, 5.74) is -0.739. The predicted molar refractivity (Wildman–Crippen MR) is 57.9 cm³/mol. The summed E-state index contributed by atoms with van der Waals surface area (Å²) < 4.78 is 6.28. The van der Waals surface area contributed by atoms with E-state index in [4.69, 9.17) is 4.42 Å². The second-order valence-electron chi connectivity index (χ2n) is 4.02. The molecule has 0 radical (unpaired) electrons. The fourth-order valence-corrected chi connectivity index (χ4v) is 3.05. The summed E-state index contributed by atoms with van der Waals surface area (Å²) in [6, 6.07) is 1.85. The Hall–Kier alpha value is -0.280. The van der Waals surface area contributed by atoms with Gasteiger partial charge in [0.1, 0.15) is 11.4 Å². The summed E-state index contributed by atoms with van der Waals surface area (Å²) in [5, 5.41) is 10.6. The summed E-state index contributed by atoms with van der Waals surface area (Å²) in [6.07, 6.45) is 5.63. The minimum Gasteiger partial charge on any atom is -0.465 e. The maximum Gasteiger partial charge on any atom is 0.149 e. The third kappa shape index (κ3) is 1.43. The maximum atomic E-state index is 10.6. The first-order chi connectivity index (χ1) is 6.68. The molecule has 2 unspecified atom stereocenters. The molecule has 1 aliphatic rings. The molecule has 0 bridgehead atoms. The van der Waals surface area contributed by atoms with Gasteiger partial charge in [0.15, 0.2) is 0 Å². The molecule has 1 N–H and O–H groups in total. The van der Waals surface area contributed by atoms with E-state index in [0.29, 0.717) is 11.7 Å². The van der Waals surface area contributed by atoms with E-state index in [1.807, 2.05) is 6.07 Å². The van der Waals surface area contributed by atoms with Crippen molar-refractivity contribution >= 4 is 15.9 Å². The van der Waals surface area contributed by atoms with E-state index >= 15 is 0 Å². The van der Waals surface area contributed by atoms with Crippen molar-refractivity contribution in [2.24, 2.45) is 5.92 Å². The lowest BCUT2D eigenvalue weighted by molar-refractivity contribution is -0.0241. The number of hydrogen-bond acceptors (Lipinski definition) is 2. The van der Waals surface area contributed by atoms with Crippen molar-refractivity contribution in [1.82, 2.24) is 0 Å². The van der Waals surface area contributed by atoms with Crippen LogP contribution in [0, 0.1) is 5.92 Å². The van der Waals surface area contributed by atoms with Gasteiger partial charge in [-0.05, 0) is 47.2 Å². The van der Waals surface area contributed by atoms with E-state index in [1.165, 1.54) is 0 Å². The van der Waals surface area contributed by atoms with Crippen LogP contribution >= 0.6 is 15.9 Å². The average Bonchev–Trinajstić information content (AvgIpc) is 2.72. The first kappa shape index (κ1) is 10.2. The van der Waals surface area contributed by atoms with Gasteiger partial charge in [-0.25, -0.2) is 0 Å². The molecule has 2 nitrogen and oxygen atoms in total. The number of rotatable bonds is 2. The maximum absolute atomic E-state index is 10.6. The van der Waals surface area contributed by atoms with Gasteiger partial charge in [0, 0.05) is 0 Å². The number of hydrogen-bond donors (Lipinski definition) is 1. The van der Waals surface area contributed by atoms with E-state index in [-0.39, 0.29) is 0 Å². The van der Waals surface area contributed by atoms with Gasteiger partial charge in [-0.3, -0.25) is 0 Å². The molecule has 1 heterocycles. The summed E-state index contributed by atoms with van der Waals surface area (Å²) in [4.78, 5) is 0. The SMILES string of the molecule is CCC1CCCC1(O)c1occc1Br. The molecule has 2 rings (SSSR count). The van der Waals surface area contributed by atoms with Gasteiger partial charge in [-0.1, -0.05) is 13.3 Å². The van der Waals surface area contributed by atoms with Gasteiger partial charge in [0.25, 0.3) is 0 Å². The van der Waals surface area contributed by atoms with E-state index in [2.05, 4.69) is 22.9 Å². The van der Waals surface area contributed by atoms with E-state index < -0.39 is 5.60 Å². The highest BCUT2D eigenvalue weighted by Crippen LogP contribution is 2.47. The van der Waals surface area contributed by atoms with Gasteiger partial charge >= 0.3 is 0 Å². The fourth-order valence-electron chi connectivity index (χ4n) is 2.50. The second-order valence-corrected chi connectivity index (χ2v) is 4.87. The first-order valence-corrected chi connectivity index (χ1v) is 5.93. The van der Waals surface area contributed by atoms with Crippen LogP contribution in [0.15, 0.2) is 21.2 Å². The monoisotopic (exact) mass is 258 g/mol. The molecule has 1 aliphatic carbocycles. The molecule has 0 aromatic carbocycles. The van der Waals surface area contributed by atoms with Crippen molar-refractivity contribution in [3.8, 4) is 0 Å². The highest BCUT2D eigenvalue weighted by molar-refractivity contribution is 9.10. The van der Waals surface area contributed by atoms with Crippen molar-refractivity contribution in [2.45, 2.75) is 38.2 Å². The molecule has 2 atom stereocenters. The Morgan fingerprint density at radius 2 is 2.50 bits per heavy atom. The molecule has 78 valence electrons. The highest BCUT2D eigenvalue weighted by atomic mass is 79.9. The molecular formula is C11H15BrO2. The second kappa shape index (κ2) is 3.70. The molecule has 1 fully saturated rings. The first-order valence-electron chi connectivity index (χ1n) is 5.14. The molecule has 0 amide bonds. The van der Waals surface area contributed by atoms with Crippen LogP contribution in [0.4, 0.5) is 0 Å². The summed E-state index contributed by atoms with van der Waals surface area (Å²) in [6.45, 7) is 2.12. The van der Waals surface area contributed by atoms with Crippen molar-refractivity contribution in [2.75, 3.05) is 0 Å². The fraction of sp³-hybridized carbons (Fsp3) is 0.636. The number of furan rings is 1. The summed E-state index contributed by atoms with van der Waals surface area (Å²) in [7, 11) is 0. The van der Waals surface area contributed by atoms with E-state index in [0.717, 1.165) is 30.2 Å². The number of aliphatic hydroxyl groups is 1. The number of halogens is 1. The standard InChI is InChI=1S/C11H15BrO2/c1-2-8-4-3-6-11(8,13)10-9(12)5-7-14-10/h5,7-8,13H,2-4,6H2,1H3. The highest BCUT2D eigenvalue weighted by Gasteiger charge is 2.44. The Labute approximate surface area is 92.4 Å². The van der Waals surface area contributed by atoms with Crippen LogP contribution in [0.1, 0.15) is 38.4 Å². The van der Waals surface area contributed by atoms with Crippen molar-refractivity contribution < 1.29 is 9.52 Å². The minimum atomic E-state index is -0.739. The molecule has 0 aliphatic heterocycles. The third-order valence-electron chi connectivity index (χ3n) is 3.29. The van der Waals surface area contributed by atoms with Crippen molar-refractivity contribution in [3.05, 3.63) is 22.6 Å². The lowest BCUT2D eigenvalue weighted by Gasteiger charge is -2.27. The zero-order valence-corrected chi connectivity index (χ0v) is 9.88. The lowest BCUT2D eigenvalue weighted by atomic mass is 9.86. The van der Waals surface area contributed by atoms with E-state index in [9.17, 15) is 5.11 Å². The zero-order chi connectivity index (χ0) is 10.2. The van der Waals surface area contributed by atoms with Crippen LogP contribution in [0.3, 0.4) is 0 Å². The van der Waals surface area contributed by atoms with Gasteiger partial charge < -0.3 is 9.52 Å². The zero-order valence-electron chi connectivity index (χ0n) is 8.29. The largest absolute Gasteiger partial charge is 0.465 e. The lowest BCUT2D eigenvalue weighted by Crippen LogP contribution is -2.29. The predicted octanol–water partition coefficient (Wildman–Crippen LogP) is 3.44. The van der Waals surface area contributed by atoms with Crippen molar-refractivity contribution in [1.29, 1.82) is 0 Å².